The Kier molecular flexibility index (Phi) is 12.9. The van der Waals surface area contributed by atoms with Crippen LogP contribution in [0.25, 0.3) is 0 Å². The van der Waals surface area contributed by atoms with E-state index in [1.165, 1.54) is 69.1 Å². The Bertz CT molecular complexity index is 486. The molecule has 0 nitrogen and oxygen atoms in total. The monoisotopic (exact) mass is 388 g/mol. The van der Waals surface area contributed by atoms with E-state index in [-0.39, 0.29) is 4.75 Å². The predicted octanol–water partition coefficient (Wildman–Crippen LogP) is 9.31. The zero-order chi connectivity index (χ0) is 20.0. The highest BCUT2D eigenvalue weighted by molar-refractivity contribution is 8.00. The van der Waals surface area contributed by atoms with Crippen LogP contribution < -0.4 is 0 Å². The van der Waals surface area contributed by atoms with Crippen LogP contribution in [0.15, 0.2) is 47.4 Å². The number of thioether (sulfide) groups is 1. The van der Waals surface area contributed by atoms with Crippen molar-refractivity contribution in [3.63, 3.8) is 0 Å². The van der Waals surface area contributed by atoms with Crippen molar-refractivity contribution in [2.24, 2.45) is 11.8 Å². The van der Waals surface area contributed by atoms with Crippen LogP contribution in [0.3, 0.4) is 0 Å². The lowest BCUT2D eigenvalue weighted by Gasteiger charge is -2.19. The SMILES string of the molecule is CC(C)CCCCCCCC(C)CCCC=CC(C)(C)Sc1ccccc1. The van der Waals surface area contributed by atoms with Gasteiger partial charge in [0.25, 0.3) is 0 Å². The molecule has 0 saturated heterocycles. The van der Waals surface area contributed by atoms with Gasteiger partial charge in [-0.2, -0.15) is 0 Å². The van der Waals surface area contributed by atoms with Gasteiger partial charge in [-0.15, -0.1) is 11.8 Å². The normalized spacial score (nSPS) is 13.6. The average molecular weight is 389 g/mol. The fourth-order valence-electron chi connectivity index (χ4n) is 3.50. The third-order valence-electron chi connectivity index (χ3n) is 5.19. The van der Waals surface area contributed by atoms with Gasteiger partial charge in [0.05, 0.1) is 0 Å². The van der Waals surface area contributed by atoms with E-state index in [2.05, 4.69) is 77.1 Å². The average Bonchev–Trinajstić information content (AvgIpc) is 2.60. The van der Waals surface area contributed by atoms with Crippen LogP contribution in [-0.4, -0.2) is 4.75 Å². The highest BCUT2D eigenvalue weighted by atomic mass is 32.2. The molecule has 0 heterocycles. The molecule has 0 bridgehead atoms. The summed E-state index contributed by atoms with van der Waals surface area (Å²) in [7, 11) is 0. The van der Waals surface area contributed by atoms with Gasteiger partial charge in [0.2, 0.25) is 0 Å². The molecule has 1 rings (SSSR count). The maximum absolute atomic E-state index is 2.44. The Labute approximate surface area is 174 Å². The number of benzene rings is 1. The molecule has 1 aromatic carbocycles. The van der Waals surface area contributed by atoms with E-state index in [1.807, 2.05) is 11.8 Å². The number of rotatable bonds is 15. The molecule has 0 aliphatic carbocycles. The zero-order valence-electron chi connectivity index (χ0n) is 18.7. The van der Waals surface area contributed by atoms with E-state index >= 15 is 0 Å². The van der Waals surface area contributed by atoms with Gasteiger partial charge in [-0.25, -0.2) is 0 Å². The third-order valence-corrected chi connectivity index (χ3v) is 6.36. The maximum atomic E-state index is 2.44. The van der Waals surface area contributed by atoms with Crippen LogP contribution in [0.4, 0.5) is 0 Å². The van der Waals surface area contributed by atoms with Gasteiger partial charge in [-0.1, -0.05) is 102 Å². The summed E-state index contributed by atoms with van der Waals surface area (Å²) in [4.78, 5) is 1.35. The van der Waals surface area contributed by atoms with Gasteiger partial charge in [0.1, 0.15) is 0 Å². The fraction of sp³-hybridized carbons (Fsp3) is 0.692. The summed E-state index contributed by atoms with van der Waals surface area (Å²) in [6.45, 7) is 11.7. The van der Waals surface area contributed by atoms with E-state index in [1.54, 1.807) is 0 Å². The Morgan fingerprint density at radius 3 is 2.07 bits per heavy atom. The summed E-state index contributed by atoms with van der Waals surface area (Å²) in [5.74, 6) is 1.77. The molecule has 0 aliphatic heterocycles. The predicted molar refractivity (Wildman–Crippen MR) is 126 cm³/mol. The summed E-state index contributed by atoms with van der Waals surface area (Å²) in [5.41, 5.74) is 0. The molecule has 1 heteroatoms. The van der Waals surface area contributed by atoms with Crippen molar-refractivity contribution in [3.8, 4) is 0 Å². The van der Waals surface area contributed by atoms with E-state index in [0.29, 0.717) is 0 Å². The molecule has 0 fully saturated rings. The largest absolute Gasteiger partial charge is 0.116 e. The van der Waals surface area contributed by atoms with E-state index in [9.17, 15) is 0 Å². The van der Waals surface area contributed by atoms with Crippen molar-refractivity contribution in [3.05, 3.63) is 42.5 Å². The number of hydrogen-bond donors (Lipinski definition) is 0. The van der Waals surface area contributed by atoms with Crippen molar-refractivity contribution in [2.45, 2.75) is 108 Å². The van der Waals surface area contributed by atoms with Crippen molar-refractivity contribution >= 4 is 11.8 Å². The van der Waals surface area contributed by atoms with Crippen molar-refractivity contribution in [1.29, 1.82) is 0 Å². The van der Waals surface area contributed by atoms with Gasteiger partial charge < -0.3 is 0 Å². The molecule has 0 N–H and O–H groups in total. The minimum absolute atomic E-state index is 0.169. The highest BCUT2D eigenvalue weighted by Crippen LogP contribution is 2.33. The lowest BCUT2D eigenvalue weighted by molar-refractivity contribution is 0.441. The van der Waals surface area contributed by atoms with Crippen LogP contribution in [0.5, 0.6) is 0 Å². The van der Waals surface area contributed by atoms with Crippen molar-refractivity contribution < 1.29 is 0 Å². The second kappa shape index (κ2) is 14.3. The first-order valence-electron chi connectivity index (χ1n) is 11.3. The van der Waals surface area contributed by atoms with Gasteiger partial charge in [0.15, 0.2) is 0 Å². The standard InChI is InChI=1S/C26H44S/c1-23(2)17-11-7-6-8-12-18-24(3)19-13-10-16-22-26(4,5)27-25-20-14-9-15-21-25/h9,14-16,20-24H,6-8,10-13,17-19H2,1-5H3. The molecule has 1 unspecified atom stereocenters. The molecule has 154 valence electrons. The summed E-state index contributed by atoms with van der Waals surface area (Å²) in [5, 5.41) is 0. The first-order valence-corrected chi connectivity index (χ1v) is 12.1. The maximum Gasteiger partial charge on any atom is 0.0329 e. The van der Waals surface area contributed by atoms with Gasteiger partial charge in [-0.05, 0) is 50.7 Å². The first kappa shape index (κ1) is 24.3. The molecule has 27 heavy (non-hydrogen) atoms. The third kappa shape index (κ3) is 14.0. The van der Waals surface area contributed by atoms with E-state index in [0.717, 1.165) is 11.8 Å². The van der Waals surface area contributed by atoms with E-state index < -0.39 is 0 Å². The second-order valence-corrected chi connectivity index (χ2v) is 10.9. The second-order valence-electron chi connectivity index (χ2n) is 9.20. The van der Waals surface area contributed by atoms with Crippen LogP contribution in [0.1, 0.15) is 98.8 Å². The van der Waals surface area contributed by atoms with Crippen LogP contribution in [0.2, 0.25) is 0 Å². The fourth-order valence-corrected chi connectivity index (χ4v) is 4.56. The molecule has 0 amide bonds. The Morgan fingerprint density at radius 1 is 0.815 bits per heavy atom. The molecule has 0 spiro atoms. The van der Waals surface area contributed by atoms with Gasteiger partial charge in [-0.3, -0.25) is 0 Å². The molecule has 0 saturated carbocycles. The highest BCUT2D eigenvalue weighted by Gasteiger charge is 2.14. The van der Waals surface area contributed by atoms with Gasteiger partial charge in [0, 0.05) is 9.64 Å². The summed E-state index contributed by atoms with van der Waals surface area (Å²) in [6.07, 6.45) is 18.7. The molecule has 0 aliphatic rings. The number of unbranched alkanes of at least 4 members (excludes halogenated alkanes) is 5. The zero-order valence-corrected chi connectivity index (χ0v) is 19.5. The molecular weight excluding hydrogens is 344 g/mol. The number of hydrogen-bond acceptors (Lipinski definition) is 1. The lowest BCUT2D eigenvalue weighted by atomic mass is 9.96. The molecular formula is C26H44S. The summed E-state index contributed by atoms with van der Waals surface area (Å²) < 4.78 is 0.169. The topological polar surface area (TPSA) is 0 Å². The van der Waals surface area contributed by atoms with Crippen molar-refractivity contribution in [1.82, 2.24) is 0 Å². The first-order chi connectivity index (χ1) is 12.9. The molecule has 1 aromatic rings. The Morgan fingerprint density at radius 2 is 1.41 bits per heavy atom. The van der Waals surface area contributed by atoms with Crippen LogP contribution in [0, 0.1) is 11.8 Å². The quantitative estimate of drug-likeness (QED) is 0.164. The van der Waals surface area contributed by atoms with Gasteiger partial charge >= 0.3 is 0 Å². The number of allylic oxidation sites excluding steroid dienone is 1. The summed E-state index contributed by atoms with van der Waals surface area (Å²) in [6, 6.07) is 10.7. The molecule has 0 radical (unpaired) electrons. The summed E-state index contributed by atoms with van der Waals surface area (Å²) >= 11 is 1.94. The Hall–Kier alpha value is -0.690. The van der Waals surface area contributed by atoms with Crippen molar-refractivity contribution in [2.75, 3.05) is 0 Å². The van der Waals surface area contributed by atoms with Crippen LogP contribution >= 0.6 is 11.8 Å². The minimum Gasteiger partial charge on any atom is -0.116 e. The lowest BCUT2D eigenvalue weighted by Crippen LogP contribution is -2.09. The van der Waals surface area contributed by atoms with E-state index in [4.69, 9.17) is 0 Å². The minimum atomic E-state index is 0.169. The molecule has 1 atom stereocenters. The van der Waals surface area contributed by atoms with Crippen LogP contribution in [-0.2, 0) is 0 Å². The Balaban J connectivity index is 2.05. The smallest absolute Gasteiger partial charge is 0.0329 e. The molecule has 0 aromatic heterocycles.